The van der Waals surface area contributed by atoms with E-state index in [4.69, 9.17) is 0 Å². The SMILES string of the molecule is CC(CN(C)C)NC(=O)c1cc(Br)cn1C1CC1. The van der Waals surface area contributed by atoms with Crippen LogP contribution in [0.3, 0.4) is 0 Å². The fourth-order valence-electron chi connectivity index (χ4n) is 2.17. The summed E-state index contributed by atoms with van der Waals surface area (Å²) in [4.78, 5) is 14.3. The van der Waals surface area contributed by atoms with E-state index in [0.717, 1.165) is 16.7 Å². The van der Waals surface area contributed by atoms with Crippen LogP contribution in [0.25, 0.3) is 0 Å². The van der Waals surface area contributed by atoms with Crippen molar-refractivity contribution in [2.75, 3.05) is 20.6 Å². The number of nitrogens with one attached hydrogen (secondary N) is 1. The summed E-state index contributed by atoms with van der Waals surface area (Å²) >= 11 is 3.44. The normalized spacial score (nSPS) is 16.9. The van der Waals surface area contributed by atoms with Gasteiger partial charge in [-0.3, -0.25) is 4.79 Å². The Hall–Kier alpha value is -0.810. The first kappa shape index (κ1) is 13.6. The predicted molar refractivity (Wildman–Crippen MR) is 75.9 cm³/mol. The average Bonchev–Trinajstić information content (AvgIpc) is 3.00. The zero-order valence-electron chi connectivity index (χ0n) is 11.1. The Balaban J connectivity index is 2.04. The first-order valence-electron chi connectivity index (χ1n) is 6.30. The van der Waals surface area contributed by atoms with Crippen LogP contribution in [0.5, 0.6) is 0 Å². The van der Waals surface area contributed by atoms with Crippen molar-refractivity contribution in [1.82, 2.24) is 14.8 Å². The molecule has 1 aromatic heterocycles. The van der Waals surface area contributed by atoms with Gasteiger partial charge >= 0.3 is 0 Å². The number of likely N-dealkylation sites (N-methyl/N-ethyl adjacent to an activating group) is 1. The topological polar surface area (TPSA) is 37.3 Å². The summed E-state index contributed by atoms with van der Waals surface area (Å²) in [5.74, 6) is 0.0157. The highest BCUT2D eigenvalue weighted by Gasteiger charge is 2.28. The molecule has 0 aliphatic heterocycles. The Labute approximate surface area is 116 Å². The molecule has 1 N–H and O–H groups in total. The minimum Gasteiger partial charge on any atom is -0.347 e. The minimum absolute atomic E-state index is 0.0157. The fraction of sp³-hybridized carbons (Fsp3) is 0.615. The van der Waals surface area contributed by atoms with E-state index in [-0.39, 0.29) is 11.9 Å². The molecule has 0 aromatic carbocycles. The first-order valence-corrected chi connectivity index (χ1v) is 7.09. The summed E-state index contributed by atoms with van der Waals surface area (Å²) in [5, 5.41) is 3.04. The van der Waals surface area contributed by atoms with Gasteiger partial charge in [-0.05, 0) is 55.9 Å². The smallest absolute Gasteiger partial charge is 0.268 e. The van der Waals surface area contributed by atoms with Gasteiger partial charge < -0.3 is 14.8 Å². The van der Waals surface area contributed by atoms with Gasteiger partial charge in [0.05, 0.1) is 0 Å². The van der Waals surface area contributed by atoms with Crippen LogP contribution in [0.15, 0.2) is 16.7 Å². The lowest BCUT2D eigenvalue weighted by molar-refractivity contribution is 0.0924. The molecule has 1 heterocycles. The lowest BCUT2D eigenvalue weighted by atomic mass is 10.3. The third-order valence-electron chi connectivity index (χ3n) is 3.00. The van der Waals surface area contributed by atoms with Gasteiger partial charge in [-0.2, -0.15) is 0 Å². The molecular weight excluding hydrogens is 294 g/mol. The minimum atomic E-state index is 0.0157. The van der Waals surface area contributed by atoms with Crippen LogP contribution >= 0.6 is 15.9 Å². The number of nitrogens with zero attached hydrogens (tertiary/aromatic N) is 2. The number of halogens is 1. The lowest BCUT2D eigenvalue weighted by Crippen LogP contribution is -2.40. The van der Waals surface area contributed by atoms with E-state index in [9.17, 15) is 4.79 Å². The van der Waals surface area contributed by atoms with Gasteiger partial charge in [-0.1, -0.05) is 0 Å². The monoisotopic (exact) mass is 313 g/mol. The standard InChI is InChI=1S/C13H20BrN3O/c1-9(7-16(2)3)15-13(18)12-6-10(14)8-17(12)11-4-5-11/h6,8-9,11H,4-5,7H2,1-3H3,(H,15,18). The van der Waals surface area contributed by atoms with Crippen LogP contribution in [0, 0.1) is 0 Å². The van der Waals surface area contributed by atoms with Gasteiger partial charge in [-0.15, -0.1) is 0 Å². The molecule has 0 radical (unpaired) electrons. The molecule has 0 bridgehead atoms. The number of rotatable bonds is 5. The summed E-state index contributed by atoms with van der Waals surface area (Å²) in [6.07, 6.45) is 4.35. The molecule has 1 atom stereocenters. The van der Waals surface area contributed by atoms with E-state index < -0.39 is 0 Å². The van der Waals surface area contributed by atoms with Crippen LogP contribution in [0.4, 0.5) is 0 Å². The largest absolute Gasteiger partial charge is 0.347 e. The zero-order valence-corrected chi connectivity index (χ0v) is 12.7. The van der Waals surface area contributed by atoms with Gasteiger partial charge in [0.2, 0.25) is 0 Å². The molecule has 1 amide bonds. The average molecular weight is 314 g/mol. The van der Waals surface area contributed by atoms with Crippen molar-refractivity contribution in [3.8, 4) is 0 Å². The maximum absolute atomic E-state index is 12.2. The summed E-state index contributed by atoms with van der Waals surface area (Å²) in [6.45, 7) is 2.87. The Morgan fingerprint density at radius 2 is 2.28 bits per heavy atom. The van der Waals surface area contributed by atoms with Crippen LogP contribution in [-0.2, 0) is 0 Å². The summed E-state index contributed by atoms with van der Waals surface area (Å²) < 4.78 is 3.06. The highest BCUT2D eigenvalue weighted by Crippen LogP contribution is 2.37. The number of carbonyl (C=O) groups excluding carboxylic acids is 1. The van der Waals surface area contributed by atoms with Gasteiger partial charge in [0.1, 0.15) is 5.69 Å². The fourth-order valence-corrected chi connectivity index (χ4v) is 2.61. The maximum atomic E-state index is 12.2. The Bertz CT molecular complexity index is 437. The first-order chi connectivity index (χ1) is 8.47. The van der Waals surface area contributed by atoms with Gasteiger partial charge in [-0.25, -0.2) is 0 Å². The number of amides is 1. The van der Waals surface area contributed by atoms with Gasteiger partial charge in [0.15, 0.2) is 0 Å². The van der Waals surface area contributed by atoms with Crippen LogP contribution in [0.1, 0.15) is 36.3 Å². The van der Waals surface area contributed by atoms with E-state index >= 15 is 0 Å². The molecule has 2 rings (SSSR count). The van der Waals surface area contributed by atoms with Crippen LogP contribution in [-0.4, -0.2) is 42.1 Å². The van der Waals surface area contributed by atoms with Crippen LogP contribution in [0.2, 0.25) is 0 Å². The third kappa shape index (κ3) is 3.36. The van der Waals surface area contributed by atoms with E-state index in [0.29, 0.717) is 6.04 Å². The Kier molecular flexibility index (Phi) is 4.12. The van der Waals surface area contributed by atoms with Gasteiger partial charge in [0, 0.05) is 29.3 Å². The van der Waals surface area contributed by atoms with Crippen molar-refractivity contribution in [3.63, 3.8) is 0 Å². The molecule has 1 aromatic rings. The summed E-state index contributed by atoms with van der Waals surface area (Å²) in [6, 6.07) is 2.56. The zero-order chi connectivity index (χ0) is 13.3. The molecule has 4 nitrogen and oxygen atoms in total. The predicted octanol–water partition coefficient (Wildman–Crippen LogP) is 2.27. The Morgan fingerprint density at radius 3 is 2.83 bits per heavy atom. The lowest BCUT2D eigenvalue weighted by Gasteiger charge is -2.18. The number of hydrogen-bond donors (Lipinski definition) is 1. The second-order valence-electron chi connectivity index (χ2n) is 5.32. The molecule has 1 unspecified atom stereocenters. The molecule has 1 aliphatic rings. The van der Waals surface area contributed by atoms with Crippen molar-refractivity contribution in [2.45, 2.75) is 31.8 Å². The second-order valence-corrected chi connectivity index (χ2v) is 6.23. The molecule has 0 saturated heterocycles. The number of hydrogen-bond acceptors (Lipinski definition) is 2. The number of carbonyl (C=O) groups is 1. The van der Waals surface area contributed by atoms with E-state index in [1.807, 2.05) is 33.3 Å². The van der Waals surface area contributed by atoms with Crippen molar-refractivity contribution < 1.29 is 4.79 Å². The number of aromatic nitrogens is 1. The maximum Gasteiger partial charge on any atom is 0.268 e. The van der Waals surface area contributed by atoms with Crippen molar-refractivity contribution in [2.24, 2.45) is 0 Å². The molecule has 1 saturated carbocycles. The molecule has 0 spiro atoms. The molecule has 5 heteroatoms. The highest BCUT2D eigenvalue weighted by atomic mass is 79.9. The third-order valence-corrected chi connectivity index (χ3v) is 3.44. The quantitative estimate of drug-likeness (QED) is 0.905. The summed E-state index contributed by atoms with van der Waals surface area (Å²) in [7, 11) is 4.01. The summed E-state index contributed by atoms with van der Waals surface area (Å²) in [5.41, 5.74) is 0.759. The second kappa shape index (κ2) is 5.45. The Morgan fingerprint density at radius 1 is 1.61 bits per heavy atom. The molecular formula is C13H20BrN3O. The molecule has 1 aliphatic carbocycles. The molecule has 100 valence electrons. The highest BCUT2D eigenvalue weighted by molar-refractivity contribution is 9.10. The van der Waals surface area contributed by atoms with Crippen LogP contribution < -0.4 is 5.32 Å². The van der Waals surface area contributed by atoms with Gasteiger partial charge in [0.25, 0.3) is 5.91 Å². The van der Waals surface area contributed by atoms with E-state index in [1.54, 1.807) is 0 Å². The van der Waals surface area contributed by atoms with Crippen molar-refractivity contribution >= 4 is 21.8 Å². The van der Waals surface area contributed by atoms with E-state index in [1.165, 1.54) is 12.8 Å². The van der Waals surface area contributed by atoms with E-state index in [2.05, 4.69) is 30.7 Å². The molecule has 18 heavy (non-hydrogen) atoms. The van der Waals surface area contributed by atoms with Crippen molar-refractivity contribution in [1.29, 1.82) is 0 Å². The molecule has 1 fully saturated rings. The van der Waals surface area contributed by atoms with Crippen molar-refractivity contribution in [3.05, 3.63) is 22.4 Å².